The summed E-state index contributed by atoms with van der Waals surface area (Å²) in [5.41, 5.74) is 3.66. The third-order valence-corrected chi connectivity index (χ3v) is 4.97. The zero-order valence-corrected chi connectivity index (χ0v) is 21.1. The van der Waals surface area contributed by atoms with E-state index in [2.05, 4.69) is 27.7 Å². The van der Waals surface area contributed by atoms with Gasteiger partial charge in [-0.15, -0.1) is 6.58 Å². The lowest BCUT2D eigenvalue weighted by Crippen LogP contribution is -2.47. The fourth-order valence-electron chi connectivity index (χ4n) is 2.34. The van der Waals surface area contributed by atoms with Gasteiger partial charge in [-0.2, -0.15) is 5.10 Å². The van der Waals surface area contributed by atoms with Crippen molar-refractivity contribution >= 4 is 75.9 Å². The van der Waals surface area contributed by atoms with Gasteiger partial charge in [0.05, 0.1) is 13.3 Å². The maximum absolute atomic E-state index is 12.6. The first-order valence-corrected chi connectivity index (χ1v) is 11.2. The summed E-state index contributed by atoms with van der Waals surface area (Å²) in [5.74, 6) is 0.0441. The number of alkyl halides is 3. The Labute approximate surface area is 217 Å². The molecule has 0 unspecified atom stereocenters. The lowest BCUT2D eigenvalue weighted by atomic mass is 10.2. The first kappa shape index (κ1) is 27.0. The molecule has 1 atom stereocenters. The quantitative estimate of drug-likeness (QED) is 0.104. The molecule has 12 heteroatoms. The van der Waals surface area contributed by atoms with E-state index < -0.39 is 15.9 Å². The molecule has 0 aliphatic carbocycles. The number of hydrazone groups is 1. The molecule has 7 nitrogen and oxygen atoms in total. The second-order valence-corrected chi connectivity index (χ2v) is 9.51. The number of nitrogens with zero attached hydrogens (tertiary/aromatic N) is 1. The average molecular weight is 550 g/mol. The molecule has 176 valence electrons. The number of rotatable bonds is 9. The molecule has 0 heterocycles. The van der Waals surface area contributed by atoms with Crippen LogP contribution in [0.1, 0.15) is 15.9 Å². The van der Waals surface area contributed by atoms with Crippen molar-refractivity contribution in [1.29, 1.82) is 0 Å². The van der Waals surface area contributed by atoms with E-state index in [9.17, 15) is 4.79 Å². The molecule has 2 aromatic rings. The van der Waals surface area contributed by atoms with E-state index in [1.54, 1.807) is 36.4 Å². The second kappa shape index (κ2) is 12.9. The number of thiocarbonyl (C=S) groups is 1. The predicted octanol–water partition coefficient (Wildman–Crippen LogP) is 4.84. The molecule has 0 bridgehead atoms. The molecule has 3 N–H and O–H groups in total. The maximum atomic E-state index is 12.6. The van der Waals surface area contributed by atoms with Crippen molar-refractivity contribution in [2.24, 2.45) is 5.10 Å². The molecule has 33 heavy (non-hydrogen) atoms. The van der Waals surface area contributed by atoms with Gasteiger partial charge in [-0.25, -0.2) is 0 Å². The number of halogens is 4. The van der Waals surface area contributed by atoms with E-state index in [0.717, 1.165) is 0 Å². The normalized spacial score (nSPS) is 12.0. The molecule has 0 saturated carbocycles. The van der Waals surface area contributed by atoms with Crippen molar-refractivity contribution in [3.63, 3.8) is 0 Å². The fourth-order valence-corrected chi connectivity index (χ4v) is 2.90. The fraction of sp³-hybridized carbons (Fsp3) is 0.190. The van der Waals surface area contributed by atoms with E-state index in [4.69, 9.17) is 68.1 Å². The number of ether oxygens (including phenoxy) is 2. The summed E-state index contributed by atoms with van der Waals surface area (Å²) in [6.45, 7) is 4.10. The molecule has 1 amide bonds. The predicted molar refractivity (Wildman–Crippen MR) is 138 cm³/mol. The minimum Gasteiger partial charge on any atom is -0.493 e. The van der Waals surface area contributed by atoms with Crippen LogP contribution in [-0.2, 0) is 0 Å². The Morgan fingerprint density at radius 2 is 1.91 bits per heavy atom. The Hall–Kier alpha value is -2.23. The first-order valence-electron chi connectivity index (χ1n) is 9.29. The van der Waals surface area contributed by atoms with Gasteiger partial charge >= 0.3 is 0 Å². The van der Waals surface area contributed by atoms with Gasteiger partial charge < -0.3 is 20.1 Å². The first-order chi connectivity index (χ1) is 15.6. The Balaban J connectivity index is 2.14. The van der Waals surface area contributed by atoms with Gasteiger partial charge in [-0.3, -0.25) is 10.2 Å². The van der Waals surface area contributed by atoms with Crippen molar-refractivity contribution in [1.82, 2.24) is 16.1 Å². The molecular weight excluding hydrogens is 530 g/mol. The molecule has 0 aromatic heterocycles. The summed E-state index contributed by atoms with van der Waals surface area (Å²) in [7, 11) is 1.45. The Morgan fingerprint density at radius 3 is 2.52 bits per heavy atom. The van der Waals surface area contributed by atoms with Gasteiger partial charge in [0, 0.05) is 17.1 Å². The van der Waals surface area contributed by atoms with Gasteiger partial charge in [0.25, 0.3) is 5.91 Å². The summed E-state index contributed by atoms with van der Waals surface area (Å²) in [6.07, 6.45) is 1.88. The second-order valence-electron chi connectivity index (χ2n) is 6.30. The average Bonchev–Trinajstić information content (AvgIpc) is 2.77. The van der Waals surface area contributed by atoms with E-state index in [1.807, 2.05) is 0 Å². The zero-order chi connectivity index (χ0) is 24.4. The molecule has 2 rings (SSSR count). The number of carbonyl (C=O) groups excluding carboxylic acids is 1. The highest BCUT2D eigenvalue weighted by Crippen LogP contribution is 2.35. The highest BCUT2D eigenvalue weighted by Gasteiger charge is 2.37. The van der Waals surface area contributed by atoms with Gasteiger partial charge in [0.2, 0.25) is 10.0 Å². The topological polar surface area (TPSA) is 84.0 Å². The minimum absolute atomic E-state index is 0.235. The van der Waals surface area contributed by atoms with Crippen LogP contribution in [-0.4, -0.2) is 40.9 Å². The van der Waals surface area contributed by atoms with Crippen LogP contribution in [0.25, 0.3) is 0 Å². The molecule has 0 saturated heterocycles. The number of nitrogens with one attached hydrogen (secondary N) is 3. The molecular formula is C21H20Cl4N4O3S. The van der Waals surface area contributed by atoms with Crippen LogP contribution >= 0.6 is 58.6 Å². The van der Waals surface area contributed by atoms with Crippen LogP contribution in [0.2, 0.25) is 5.02 Å². The Morgan fingerprint density at radius 1 is 1.21 bits per heavy atom. The van der Waals surface area contributed by atoms with Crippen molar-refractivity contribution in [3.8, 4) is 11.5 Å². The third-order valence-electron chi connectivity index (χ3n) is 3.89. The summed E-state index contributed by atoms with van der Waals surface area (Å²) >= 11 is 29.0. The number of carbonyl (C=O) groups is 1. The largest absolute Gasteiger partial charge is 0.493 e. The van der Waals surface area contributed by atoms with Crippen molar-refractivity contribution < 1.29 is 14.3 Å². The van der Waals surface area contributed by atoms with Crippen LogP contribution in [0.4, 0.5) is 0 Å². The van der Waals surface area contributed by atoms with Crippen LogP contribution in [0, 0.1) is 0 Å². The van der Waals surface area contributed by atoms with E-state index in [1.165, 1.54) is 25.5 Å². The highest BCUT2D eigenvalue weighted by atomic mass is 35.6. The number of hydrogen-bond acceptors (Lipinski definition) is 5. The molecule has 0 aliphatic heterocycles. The minimum atomic E-state index is -1.98. The molecule has 0 fully saturated rings. The lowest BCUT2D eigenvalue weighted by molar-refractivity contribution is 0.0828. The van der Waals surface area contributed by atoms with Gasteiger partial charge in [0.15, 0.2) is 16.6 Å². The van der Waals surface area contributed by atoms with E-state index in [0.29, 0.717) is 33.6 Å². The van der Waals surface area contributed by atoms with Gasteiger partial charge in [-0.05, 0) is 60.2 Å². The Kier molecular flexibility index (Phi) is 10.5. The third kappa shape index (κ3) is 8.91. The molecule has 0 radical (unpaired) electrons. The van der Waals surface area contributed by atoms with Crippen LogP contribution in [0.15, 0.2) is 60.2 Å². The number of hydrogen-bond donors (Lipinski definition) is 3. The van der Waals surface area contributed by atoms with Gasteiger partial charge in [0.1, 0.15) is 0 Å². The zero-order valence-electron chi connectivity index (χ0n) is 17.3. The standard InChI is InChI=1S/C21H20Cl4N4O3S/c1-3-10-26-20(33)29-27-12-13-4-9-16(17(11-13)31-2)32-19(21(23,24)25)28-18(30)14-5-7-15(22)8-6-14/h3-9,11-12,19H,1,10H2,2H3,(H,28,30)(H2,26,29,33)/b27-12-/t19-/m1/s1. The summed E-state index contributed by atoms with van der Waals surface area (Å²) in [4.78, 5) is 12.6. The van der Waals surface area contributed by atoms with Crippen molar-refractivity contribution in [2.75, 3.05) is 13.7 Å². The van der Waals surface area contributed by atoms with E-state index >= 15 is 0 Å². The number of benzene rings is 2. The van der Waals surface area contributed by atoms with Gasteiger partial charge in [-0.1, -0.05) is 52.5 Å². The SMILES string of the molecule is C=CCNC(=S)N/N=C\c1ccc(O[C@@H](NC(=O)c2ccc(Cl)cc2)C(Cl)(Cl)Cl)c(OC)c1. The molecule has 0 aliphatic rings. The summed E-state index contributed by atoms with van der Waals surface area (Å²) in [5, 5.41) is 10.3. The molecule has 0 spiro atoms. The monoisotopic (exact) mass is 548 g/mol. The van der Waals surface area contributed by atoms with Crippen molar-refractivity contribution in [3.05, 3.63) is 71.3 Å². The molecule has 2 aromatic carbocycles. The van der Waals surface area contributed by atoms with Crippen LogP contribution in [0.3, 0.4) is 0 Å². The lowest BCUT2D eigenvalue weighted by Gasteiger charge is -2.27. The highest BCUT2D eigenvalue weighted by molar-refractivity contribution is 7.80. The maximum Gasteiger partial charge on any atom is 0.254 e. The number of amides is 1. The smallest absolute Gasteiger partial charge is 0.254 e. The van der Waals surface area contributed by atoms with Crippen LogP contribution in [0.5, 0.6) is 11.5 Å². The van der Waals surface area contributed by atoms with Crippen LogP contribution < -0.4 is 25.5 Å². The Bertz CT molecular complexity index is 1010. The number of methoxy groups -OCH3 is 1. The van der Waals surface area contributed by atoms with E-state index in [-0.39, 0.29) is 5.75 Å². The summed E-state index contributed by atoms with van der Waals surface area (Å²) < 4.78 is 9.17. The summed E-state index contributed by atoms with van der Waals surface area (Å²) in [6, 6.07) is 11.1. The van der Waals surface area contributed by atoms with Crippen molar-refractivity contribution in [2.45, 2.75) is 10.0 Å².